The average Bonchev–Trinajstić information content (AvgIpc) is 3.94. The third-order valence-corrected chi connectivity index (χ3v) is 16.6. The molecule has 2 aromatic heterocycles. The zero-order valence-corrected chi connectivity index (χ0v) is 42.4. The number of nitrogens with zero attached hydrogens (tertiary/aromatic N) is 6. The number of benzene rings is 4. The SMILES string of the molecule is Cc1c(OC2CCC(CCCCN3CCN(c4cc5c(cc4F)C(=O)N(C4CCC(=O)NC4=O)C5=O)CC3)CC2)cccc1-c1ccc(N2CCc3cccc(C(=O)Nc4nc5ccccc5s4)c3C2)nc1C(=O)O. The number of piperazine rings is 1. The Kier molecular flexibility index (Phi) is 13.9. The minimum Gasteiger partial charge on any atom is -0.490 e. The number of carboxylic acid groups (broad SMARTS) is 1. The van der Waals surface area contributed by atoms with Crippen LogP contribution in [0.4, 0.5) is 21.0 Å². The molecule has 11 rings (SSSR count). The van der Waals surface area contributed by atoms with Gasteiger partial charge in [0.05, 0.1) is 33.1 Å². The molecule has 5 aliphatic rings. The number of amides is 5. The number of carbonyl (C=O) groups excluding carboxylic acids is 5. The van der Waals surface area contributed by atoms with Gasteiger partial charge in [-0.25, -0.2) is 19.2 Å². The molecule has 6 heterocycles. The molecule has 16 nitrogen and oxygen atoms in total. The van der Waals surface area contributed by atoms with E-state index in [0.29, 0.717) is 60.6 Å². The number of nitrogens with one attached hydrogen (secondary N) is 2. The number of thiazole rings is 1. The molecule has 1 saturated carbocycles. The minimum atomic E-state index is -1.13. The topological polar surface area (TPSA) is 195 Å². The molecule has 1 unspecified atom stereocenters. The molecular weight excluding hydrogens is 976 g/mol. The highest BCUT2D eigenvalue weighted by Crippen LogP contribution is 2.38. The van der Waals surface area contributed by atoms with Crippen molar-refractivity contribution in [3.05, 3.63) is 130 Å². The molecule has 75 heavy (non-hydrogen) atoms. The van der Waals surface area contributed by atoms with Crippen molar-refractivity contribution in [2.75, 3.05) is 54.4 Å². The Bertz CT molecular complexity index is 3240. The molecule has 6 aromatic rings. The van der Waals surface area contributed by atoms with Gasteiger partial charge in [0.1, 0.15) is 23.4 Å². The van der Waals surface area contributed by atoms with E-state index in [0.717, 1.165) is 114 Å². The van der Waals surface area contributed by atoms with Crippen LogP contribution in [0.15, 0.2) is 84.9 Å². The van der Waals surface area contributed by atoms with Crippen LogP contribution in [-0.2, 0) is 22.6 Å². The van der Waals surface area contributed by atoms with Crippen LogP contribution in [-0.4, -0.2) is 112 Å². The van der Waals surface area contributed by atoms with Gasteiger partial charge in [-0.05, 0) is 135 Å². The fourth-order valence-electron chi connectivity index (χ4n) is 11.5. The number of para-hydroxylation sites is 1. The molecule has 1 aliphatic carbocycles. The van der Waals surface area contributed by atoms with Crippen molar-refractivity contribution in [3.8, 4) is 16.9 Å². The molecule has 0 bridgehead atoms. The highest BCUT2D eigenvalue weighted by atomic mass is 32.1. The predicted molar refractivity (Wildman–Crippen MR) is 282 cm³/mol. The summed E-state index contributed by atoms with van der Waals surface area (Å²) in [6, 6.07) is 24.4. The first-order chi connectivity index (χ1) is 36.4. The summed E-state index contributed by atoms with van der Waals surface area (Å²) >= 11 is 1.42. The first-order valence-corrected chi connectivity index (χ1v) is 26.7. The number of piperidine rings is 1. The summed E-state index contributed by atoms with van der Waals surface area (Å²) in [5.41, 5.74) is 5.67. The van der Waals surface area contributed by atoms with Crippen LogP contribution in [0.25, 0.3) is 21.3 Å². The summed E-state index contributed by atoms with van der Waals surface area (Å²) in [5.74, 6) is -2.61. The Balaban J connectivity index is 0.647. The number of hydrogen-bond donors (Lipinski definition) is 3. The molecule has 0 radical (unpaired) electrons. The second-order valence-electron chi connectivity index (χ2n) is 20.2. The number of aromatic carboxylic acids is 1. The van der Waals surface area contributed by atoms with Crippen LogP contribution < -0.4 is 25.2 Å². The van der Waals surface area contributed by atoms with Crippen LogP contribution in [0, 0.1) is 18.7 Å². The molecule has 1 atom stereocenters. The van der Waals surface area contributed by atoms with Crippen LogP contribution in [0.3, 0.4) is 0 Å². The lowest BCUT2D eigenvalue weighted by atomic mass is 9.84. The third-order valence-electron chi connectivity index (χ3n) is 15.7. The number of aromatic nitrogens is 2. The Labute approximate surface area is 436 Å². The van der Waals surface area contributed by atoms with Gasteiger partial charge in [-0.15, -0.1) is 0 Å². The number of carboxylic acids is 1. The van der Waals surface area contributed by atoms with Crippen LogP contribution >= 0.6 is 11.3 Å². The number of unbranched alkanes of at least 4 members (excludes halogenated alkanes) is 1. The predicted octanol–water partition coefficient (Wildman–Crippen LogP) is 8.65. The van der Waals surface area contributed by atoms with Gasteiger partial charge in [-0.2, -0.15) is 0 Å². The van der Waals surface area contributed by atoms with Gasteiger partial charge in [-0.3, -0.25) is 44.4 Å². The molecule has 4 aliphatic heterocycles. The van der Waals surface area contributed by atoms with Crippen molar-refractivity contribution in [1.29, 1.82) is 0 Å². The van der Waals surface area contributed by atoms with Crippen molar-refractivity contribution in [1.82, 2.24) is 25.1 Å². The summed E-state index contributed by atoms with van der Waals surface area (Å²) < 4.78 is 23.1. The number of hydrogen-bond acceptors (Lipinski definition) is 13. The van der Waals surface area contributed by atoms with Crippen LogP contribution in [0.5, 0.6) is 5.75 Å². The van der Waals surface area contributed by atoms with E-state index in [-0.39, 0.29) is 47.4 Å². The highest BCUT2D eigenvalue weighted by molar-refractivity contribution is 7.22. The third kappa shape index (κ3) is 10.1. The molecule has 0 spiro atoms. The zero-order chi connectivity index (χ0) is 51.9. The van der Waals surface area contributed by atoms with Crippen molar-refractivity contribution in [2.24, 2.45) is 5.92 Å². The Morgan fingerprint density at radius 1 is 0.800 bits per heavy atom. The fraction of sp³-hybridized carbons (Fsp3) is 0.368. The number of pyridine rings is 1. The van der Waals surface area contributed by atoms with Crippen molar-refractivity contribution in [2.45, 2.75) is 89.8 Å². The van der Waals surface area contributed by atoms with Crippen molar-refractivity contribution < 1.29 is 43.0 Å². The standard InChI is InChI=1S/C57H57FN8O8S/c1-33-37(38-19-21-49(60-51(38)56(72)73)65-25-23-35-9-6-11-39(42(35)32-65)52(68)62-57-59-44-12-2-3-14-48(44)75-57)10-7-13-47(33)74-36-17-15-34(16-18-36)8-4-5-24-63-26-28-64(29-27-63)46-31-41-40(30-43(46)58)54(70)66(55(41)71)45-20-22-50(67)61-53(45)69/h2-3,6-7,9-14,19,21,30-31,34,36,45H,4-5,8,15-18,20,22-29,32H2,1H3,(H,72,73)(H,59,62,68)(H,61,67,69). The quantitative estimate of drug-likeness (QED) is 0.0694. The first-order valence-electron chi connectivity index (χ1n) is 25.9. The molecule has 2 saturated heterocycles. The van der Waals surface area contributed by atoms with E-state index in [9.17, 15) is 33.9 Å². The average molecular weight is 1030 g/mol. The van der Waals surface area contributed by atoms with Gasteiger partial charge in [0.2, 0.25) is 11.8 Å². The van der Waals surface area contributed by atoms with Crippen LogP contribution in [0.1, 0.15) is 116 Å². The Morgan fingerprint density at radius 2 is 1.57 bits per heavy atom. The fourth-order valence-corrected chi connectivity index (χ4v) is 12.4. The lowest BCUT2D eigenvalue weighted by Crippen LogP contribution is -2.54. The maximum Gasteiger partial charge on any atom is 0.355 e. The summed E-state index contributed by atoms with van der Waals surface area (Å²) in [5, 5.41) is 16.2. The van der Waals surface area contributed by atoms with Gasteiger partial charge >= 0.3 is 5.97 Å². The summed E-state index contributed by atoms with van der Waals surface area (Å²) in [6.07, 6.45) is 8.07. The van der Waals surface area contributed by atoms with E-state index in [1.165, 1.54) is 17.4 Å². The van der Waals surface area contributed by atoms with Crippen molar-refractivity contribution in [3.63, 3.8) is 0 Å². The zero-order valence-electron chi connectivity index (χ0n) is 41.6. The van der Waals surface area contributed by atoms with E-state index in [2.05, 4.69) is 20.5 Å². The van der Waals surface area contributed by atoms with Gasteiger partial charge in [-0.1, -0.05) is 60.6 Å². The molecule has 386 valence electrons. The number of imide groups is 2. The van der Waals surface area contributed by atoms with Gasteiger partial charge in [0, 0.05) is 56.8 Å². The van der Waals surface area contributed by atoms with E-state index < -0.39 is 41.5 Å². The second-order valence-corrected chi connectivity index (χ2v) is 21.3. The van der Waals surface area contributed by atoms with E-state index in [1.807, 2.05) is 89.5 Å². The number of halogens is 1. The molecule has 5 amide bonds. The summed E-state index contributed by atoms with van der Waals surface area (Å²) in [4.78, 5) is 93.7. The van der Waals surface area contributed by atoms with Crippen LogP contribution in [0.2, 0.25) is 0 Å². The van der Waals surface area contributed by atoms with Gasteiger partial charge in [0.25, 0.3) is 17.7 Å². The molecule has 3 fully saturated rings. The smallest absolute Gasteiger partial charge is 0.355 e. The van der Waals surface area contributed by atoms with E-state index >= 15 is 4.39 Å². The summed E-state index contributed by atoms with van der Waals surface area (Å²) in [7, 11) is 0. The lowest BCUT2D eigenvalue weighted by molar-refractivity contribution is -0.136. The summed E-state index contributed by atoms with van der Waals surface area (Å²) in [6.45, 7) is 6.52. The maximum atomic E-state index is 15.5. The normalized spacial score (nSPS) is 20.0. The minimum absolute atomic E-state index is 0.0128. The highest BCUT2D eigenvalue weighted by Gasteiger charge is 2.45. The number of fused-ring (bicyclic) bond motifs is 3. The van der Waals surface area contributed by atoms with E-state index in [1.54, 1.807) is 0 Å². The molecule has 4 aromatic carbocycles. The van der Waals surface area contributed by atoms with E-state index in [4.69, 9.17) is 9.72 Å². The largest absolute Gasteiger partial charge is 0.490 e. The first kappa shape index (κ1) is 49.6. The molecular formula is C57H57FN8O8S. The van der Waals surface area contributed by atoms with Gasteiger partial charge < -0.3 is 19.6 Å². The number of rotatable bonds is 14. The second kappa shape index (κ2) is 21.0. The Morgan fingerprint density at radius 3 is 2.35 bits per heavy atom. The number of ether oxygens (including phenoxy) is 1. The van der Waals surface area contributed by atoms with Crippen molar-refractivity contribution >= 4 is 73.7 Å². The van der Waals surface area contributed by atoms with Gasteiger partial charge in [0.15, 0.2) is 10.8 Å². The Hall–Kier alpha value is -7.57. The number of anilines is 3. The maximum absolute atomic E-state index is 15.5. The number of carbonyl (C=O) groups is 6. The molecule has 3 N–H and O–H groups in total. The lowest BCUT2D eigenvalue weighted by Gasteiger charge is -2.36. The molecule has 18 heteroatoms. The monoisotopic (exact) mass is 1030 g/mol.